The fourth-order valence-electron chi connectivity index (χ4n) is 2.82. The van der Waals surface area contributed by atoms with Crippen molar-refractivity contribution in [2.45, 2.75) is 26.2 Å². The minimum absolute atomic E-state index is 0.00654. The van der Waals surface area contributed by atoms with Gasteiger partial charge in [0.2, 0.25) is 0 Å². The molecule has 20 heavy (non-hydrogen) atoms. The van der Waals surface area contributed by atoms with Gasteiger partial charge < -0.3 is 15.5 Å². The van der Waals surface area contributed by atoms with Crippen LogP contribution in [-0.2, 0) is 0 Å². The summed E-state index contributed by atoms with van der Waals surface area (Å²) in [5, 5.41) is 0. The van der Waals surface area contributed by atoms with Crippen LogP contribution in [0.1, 0.15) is 36.5 Å². The predicted molar refractivity (Wildman–Crippen MR) is 84.1 cm³/mol. The normalized spacial score (nSPS) is 16.2. The molecule has 1 saturated heterocycles. The number of nitrogens with two attached hydrogens (primary N) is 1. The molecule has 1 heterocycles. The maximum atomic E-state index is 11.9. The molecule has 1 fully saturated rings. The highest BCUT2D eigenvalue weighted by molar-refractivity contribution is 5.95. The Balaban J connectivity index is 2.12. The summed E-state index contributed by atoms with van der Waals surface area (Å²) in [6, 6.07) is 5.65. The molecule has 4 nitrogen and oxygen atoms in total. The fraction of sp³-hybridized carbons (Fsp3) is 0.562. The van der Waals surface area contributed by atoms with E-state index in [0.717, 1.165) is 24.7 Å². The Labute approximate surface area is 121 Å². The Morgan fingerprint density at radius 3 is 2.50 bits per heavy atom. The van der Waals surface area contributed by atoms with Crippen molar-refractivity contribution in [3.8, 4) is 0 Å². The number of anilines is 2. The third-order valence-corrected chi connectivity index (χ3v) is 4.21. The summed E-state index contributed by atoms with van der Waals surface area (Å²) in [5.74, 6) is 0.843. The lowest BCUT2D eigenvalue weighted by molar-refractivity contribution is 0.0827. The van der Waals surface area contributed by atoms with Crippen molar-refractivity contribution >= 4 is 17.3 Å². The van der Waals surface area contributed by atoms with Crippen molar-refractivity contribution < 1.29 is 4.79 Å². The molecule has 1 aliphatic heterocycles. The van der Waals surface area contributed by atoms with Crippen LogP contribution in [0.25, 0.3) is 0 Å². The smallest absolute Gasteiger partial charge is 0.253 e. The van der Waals surface area contributed by atoms with Crippen LogP contribution in [0.15, 0.2) is 18.2 Å². The number of carbonyl (C=O) groups excluding carboxylic acids is 1. The summed E-state index contributed by atoms with van der Waals surface area (Å²) in [7, 11) is 3.50. The van der Waals surface area contributed by atoms with Gasteiger partial charge in [-0.15, -0.1) is 0 Å². The van der Waals surface area contributed by atoms with Gasteiger partial charge in [-0.2, -0.15) is 0 Å². The first kappa shape index (κ1) is 14.7. The molecule has 0 radical (unpaired) electrons. The van der Waals surface area contributed by atoms with E-state index in [1.807, 2.05) is 12.1 Å². The molecule has 2 rings (SSSR count). The number of nitrogen functional groups attached to an aromatic ring is 1. The molecular formula is C16H25N3O. The summed E-state index contributed by atoms with van der Waals surface area (Å²) < 4.78 is 0. The van der Waals surface area contributed by atoms with Crippen molar-refractivity contribution in [2.75, 3.05) is 37.8 Å². The van der Waals surface area contributed by atoms with Gasteiger partial charge in [-0.3, -0.25) is 4.79 Å². The van der Waals surface area contributed by atoms with Gasteiger partial charge in [-0.1, -0.05) is 13.3 Å². The fourth-order valence-corrected chi connectivity index (χ4v) is 2.82. The highest BCUT2D eigenvalue weighted by Crippen LogP contribution is 2.29. The molecule has 0 atom stereocenters. The second-order valence-corrected chi connectivity index (χ2v) is 5.81. The molecule has 0 aliphatic carbocycles. The number of benzene rings is 1. The summed E-state index contributed by atoms with van der Waals surface area (Å²) in [6.45, 7) is 4.38. The third-order valence-electron chi connectivity index (χ3n) is 4.21. The van der Waals surface area contributed by atoms with Crippen LogP contribution in [0.4, 0.5) is 11.4 Å². The van der Waals surface area contributed by atoms with E-state index in [-0.39, 0.29) is 5.91 Å². The minimum Gasteiger partial charge on any atom is -0.397 e. The maximum Gasteiger partial charge on any atom is 0.253 e. The van der Waals surface area contributed by atoms with E-state index in [0.29, 0.717) is 11.3 Å². The number of piperidine rings is 1. The molecule has 2 N–H and O–H groups in total. The van der Waals surface area contributed by atoms with E-state index < -0.39 is 0 Å². The Hall–Kier alpha value is -1.71. The molecule has 4 heteroatoms. The van der Waals surface area contributed by atoms with Crippen LogP contribution < -0.4 is 10.6 Å². The summed E-state index contributed by atoms with van der Waals surface area (Å²) in [6.07, 6.45) is 3.72. The topological polar surface area (TPSA) is 49.6 Å². The lowest BCUT2D eigenvalue weighted by atomic mass is 9.94. The standard InChI is InChI=1S/C16H25N3O/c1-4-12-7-9-19(10-8-12)15-6-5-13(11-14(15)17)16(20)18(2)3/h5-6,11-12H,4,7-10,17H2,1-3H3. The highest BCUT2D eigenvalue weighted by Gasteiger charge is 2.20. The van der Waals surface area contributed by atoms with Gasteiger partial charge in [0.05, 0.1) is 11.4 Å². The lowest BCUT2D eigenvalue weighted by Crippen LogP contribution is -2.34. The minimum atomic E-state index is -0.00654. The van der Waals surface area contributed by atoms with E-state index in [1.165, 1.54) is 19.3 Å². The molecule has 0 spiro atoms. The van der Waals surface area contributed by atoms with Crippen LogP contribution in [0.5, 0.6) is 0 Å². The lowest BCUT2D eigenvalue weighted by Gasteiger charge is -2.34. The van der Waals surface area contributed by atoms with E-state index in [4.69, 9.17) is 5.73 Å². The Bertz CT molecular complexity index is 477. The average Bonchev–Trinajstić information content (AvgIpc) is 2.46. The zero-order valence-electron chi connectivity index (χ0n) is 12.7. The summed E-state index contributed by atoms with van der Waals surface area (Å²) >= 11 is 0. The van der Waals surface area contributed by atoms with Gasteiger partial charge in [0.25, 0.3) is 5.91 Å². The number of hydrogen-bond acceptors (Lipinski definition) is 3. The number of hydrogen-bond donors (Lipinski definition) is 1. The first-order valence-corrected chi connectivity index (χ1v) is 7.39. The van der Waals surface area contributed by atoms with E-state index >= 15 is 0 Å². The quantitative estimate of drug-likeness (QED) is 0.863. The SMILES string of the molecule is CCC1CCN(c2ccc(C(=O)N(C)C)cc2N)CC1. The van der Waals surface area contributed by atoms with Gasteiger partial charge in [-0.05, 0) is 37.0 Å². The van der Waals surface area contributed by atoms with Gasteiger partial charge in [0.15, 0.2) is 0 Å². The zero-order chi connectivity index (χ0) is 14.7. The van der Waals surface area contributed by atoms with Crippen molar-refractivity contribution in [3.05, 3.63) is 23.8 Å². The van der Waals surface area contributed by atoms with Crippen LogP contribution in [0.2, 0.25) is 0 Å². The number of carbonyl (C=O) groups is 1. The van der Waals surface area contributed by atoms with Crippen LogP contribution in [-0.4, -0.2) is 38.0 Å². The number of amides is 1. The number of rotatable bonds is 3. The van der Waals surface area contributed by atoms with Gasteiger partial charge in [0, 0.05) is 32.7 Å². The van der Waals surface area contributed by atoms with Crippen molar-refractivity contribution in [1.29, 1.82) is 0 Å². The van der Waals surface area contributed by atoms with Crippen LogP contribution in [0, 0.1) is 5.92 Å². The molecule has 0 bridgehead atoms. The third kappa shape index (κ3) is 3.06. The molecule has 110 valence electrons. The molecule has 1 aliphatic rings. The molecule has 1 aromatic carbocycles. The zero-order valence-corrected chi connectivity index (χ0v) is 12.7. The molecule has 0 unspecified atom stereocenters. The molecule has 1 amide bonds. The molecule has 0 saturated carbocycles. The largest absolute Gasteiger partial charge is 0.397 e. The monoisotopic (exact) mass is 275 g/mol. The summed E-state index contributed by atoms with van der Waals surface area (Å²) in [5.41, 5.74) is 8.56. The Morgan fingerprint density at radius 2 is 2.00 bits per heavy atom. The highest BCUT2D eigenvalue weighted by atomic mass is 16.2. The van der Waals surface area contributed by atoms with Crippen LogP contribution >= 0.6 is 0 Å². The van der Waals surface area contributed by atoms with Crippen molar-refractivity contribution in [1.82, 2.24) is 4.90 Å². The first-order valence-electron chi connectivity index (χ1n) is 7.39. The Morgan fingerprint density at radius 1 is 1.35 bits per heavy atom. The second-order valence-electron chi connectivity index (χ2n) is 5.81. The Kier molecular flexibility index (Phi) is 4.53. The van der Waals surface area contributed by atoms with Crippen molar-refractivity contribution in [2.24, 2.45) is 5.92 Å². The summed E-state index contributed by atoms with van der Waals surface area (Å²) in [4.78, 5) is 15.8. The average molecular weight is 275 g/mol. The molecular weight excluding hydrogens is 250 g/mol. The second kappa shape index (κ2) is 6.16. The van der Waals surface area contributed by atoms with Gasteiger partial charge in [-0.25, -0.2) is 0 Å². The van der Waals surface area contributed by atoms with E-state index in [2.05, 4.69) is 11.8 Å². The predicted octanol–water partition coefficient (Wildman–Crippen LogP) is 2.60. The van der Waals surface area contributed by atoms with Crippen molar-refractivity contribution in [3.63, 3.8) is 0 Å². The van der Waals surface area contributed by atoms with E-state index in [1.54, 1.807) is 25.1 Å². The van der Waals surface area contributed by atoms with Crippen LogP contribution in [0.3, 0.4) is 0 Å². The van der Waals surface area contributed by atoms with Gasteiger partial charge in [0.1, 0.15) is 0 Å². The maximum absolute atomic E-state index is 11.9. The molecule has 0 aromatic heterocycles. The molecule has 1 aromatic rings. The van der Waals surface area contributed by atoms with E-state index in [9.17, 15) is 4.79 Å². The van der Waals surface area contributed by atoms with Gasteiger partial charge >= 0.3 is 0 Å². The number of nitrogens with zero attached hydrogens (tertiary/aromatic N) is 2. The first-order chi connectivity index (χ1) is 9.52.